The molecule has 2 unspecified atom stereocenters. The van der Waals surface area contributed by atoms with Gasteiger partial charge in [0.15, 0.2) is 11.3 Å². The van der Waals surface area contributed by atoms with Gasteiger partial charge in [-0.25, -0.2) is 0 Å². The van der Waals surface area contributed by atoms with Crippen LogP contribution in [0.2, 0.25) is 0 Å². The van der Waals surface area contributed by atoms with Gasteiger partial charge >= 0.3 is 0 Å². The van der Waals surface area contributed by atoms with Crippen molar-refractivity contribution in [3.8, 4) is 0 Å². The lowest BCUT2D eigenvalue weighted by Crippen LogP contribution is -2.70. The molecule has 5 rings (SSSR count). The number of aryl methyl sites for hydroxylation is 2. The van der Waals surface area contributed by atoms with E-state index >= 15 is 4.79 Å². The van der Waals surface area contributed by atoms with E-state index in [1.807, 2.05) is 35.4 Å². The largest absolute Gasteiger partial charge is 0.361 e. The van der Waals surface area contributed by atoms with Crippen LogP contribution in [0.25, 0.3) is 10.9 Å². The molecular formula is C38H53N5O3. The number of aromatic amines is 1. The maximum absolute atomic E-state index is 15.2. The number of carbonyl (C=O) groups is 3. The van der Waals surface area contributed by atoms with Gasteiger partial charge in [-0.3, -0.25) is 24.2 Å². The molecule has 8 nitrogen and oxygen atoms in total. The molecule has 2 fully saturated rings. The van der Waals surface area contributed by atoms with E-state index in [1.54, 1.807) is 0 Å². The van der Waals surface area contributed by atoms with Crippen molar-refractivity contribution in [1.29, 1.82) is 0 Å². The van der Waals surface area contributed by atoms with Crippen molar-refractivity contribution < 1.29 is 14.4 Å². The number of benzene rings is 2. The number of fused-ring (bicyclic) bond motifs is 1. The monoisotopic (exact) mass is 627 g/mol. The molecule has 0 bridgehead atoms. The number of imide groups is 1. The first-order valence-corrected chi connectivity index (χ1v) is 17.4. The summed E-state index contributed by atoms with van der Waals surface area (Å²) in [5.41, 5.74) is 11.8. The topological polar surface area (TPSA) is 103 Å². The predicted octanol–water partition coefficient (Wildman–Crippen LogP) is 5.71. The molecular weight excluding hydrogens is 574 g/mol. The minimum Gasteiger partial charge on any atom is -0.361 e. The number of hydrogen-bond donors (Lipinski definition) is 2. The number of aromatic nitrogens is 1. The fraction of sp³-hybridized carbons (Fsp3) is 0.553. The number of carbonyl (C=O) groups excluding carboxylic acids is 3. The van der Waals surface area contributed by atoms with Crippen LogP contribution in [0.5, 0.6) is 0 Å². The van der Waals surface area contributed by atoms with E-state index in [4.69, 9.17) is 5.73 Å². The molecule has 2 atom stereocenters. The van der Waals surface area contributed by atoms with Gasteiger partial charge < -0.3 is 15.6 Å². The average molecular weight is 628 g/mol. The summed E-state index contributed by atoms with van der Waals surface area (Å²) in [7, 11) is 0. The lowest BCUT2D eigenvalue weighted by Gasteiger charge is -2.50. The quantitative estimate of drug-likeness (QED) is 0.264. The number of piperidine rings is 2. The Balaban J connectivity index is 1.58. The Morgan fingerprint density at radius 1 is 0.935 bits per heavy atom. The second-order valence-corrected chi connectivity index (χ2v) is 13.3. The van der Waals surface area contributed by atoms with E-state index in [-0.39, 0.29) is 18.2 Å². The summed E-state index contributed by atoms with van der Waals surface area (Å²) in [6.45, 7) is 12.7. The Morgan fingerprint density at radius 3 is 2.13 bits per heavy atom. The zero-order valence-electron chi connectivity index (χ0n) is 28.5. The highest BCUT2D eigenvalue weighted by atomic mass is 16.2. The van der Waals surface area contributed by atoms with Crippen molar-refractivity contribution >= 4 is 28.5 Å². The molecule has 2 aliphatic rings. The van der Waals surface area contributed by atoms with Crippen LogP contribution in [0.4, 0.5) is 0 Å². The second kappa shape index (κ2) is 14.6. The van der Waals surface area contributed by atoms with Crippen LogP contribution in [-0.2, 0) is 40.2 Å². The summed E-state index contributed by atoms with van der Waals surface area (Å²) in [5.74, 6) is -1.25. The molecule has 0 aliphatic carbocycles. The first-order valence-electron chi connectivity index (χ1n) is 17.4. The number of nitrogens with zero attached hydrogens (tertiary/aromatic N) is 3. The van der Waals surface area contributed by atoms with Crippen molar-refractivity contribution in [2.75, 3.05) is 26.2 Å². The van der Waals surface area contributed by atoms with E-state index in [9.17, 15) is 9.59 Å². The van der Waals surface area contributed by atoms with Crippen LogP contribution in [0, 0.1) is 0 Å². The molecule has 2 aliphatic heterocycles. The first-order chi connectivity index (χ1) is 22.2. The van der Waals surface area contributed by atoms with Crippen LogP contribution < -0.4 is 5.73 Å². The van der Waals surface area contributed by atoms with Gasteiger partial charge in [0.1, 0.15) is 0 Å². The molecule has 46 heavy (non-hydrogen) atoms. The fourth-order valence-electron chi connectivity index (χ4n) is 8.26. The van der Waals surface area contributed by atoms with E-state index in [1.165, 1.54) is 54.7 Å². The third-order valence-corrected chi connectivity index (χ3v) is 10.7. The predicted molar refractivity (Wildman–Crippen MR) is 184 cm³/mol. The van der Waals surface area contributed by atoms with Gasteiger partial charge in [0.25, 0.3) is 5.91 Å². The highest BCUT2D eigenvalue weighted by Crippen LogP contribution is 2.39. The van der Waals surface area contributed by atoms with Crippen molar-refractivity contribution in [2.45, 2.75) is 110 Å². The van der Waals surface area contributed by atoms with Gasteiger partial charge in [0, 0.05) is 43.2 Å². The number of H-pyrrole nitrogens is 1. The number of ketones is 1. The van der Waals surface area contributed by atoms with Gasteiger partial charge in [-0.2, -0.15) is 0 Å². The number of nitrogens with two attached hydrogens (primary N) is 1. The van der Waals surface area contributed by atoms with Crippen LogP contribution in [0.1, 0.15) is 101 Å². The molecule has 2 amide bonds. The van der Waals surface area contributed by atoms with E-state index in [2.05, 4.69) is 42.8 Å². The summed E-state index contributed by atoms with van der Waals surface area (Å²) < 4.78 is 0. The Morgan fingerprint density at radius 2 is 1.57 bits per heavy atom. The van der Waals surface area contributed by atoms with E-state index in [0.29, 0.717) is 24.7 Å². The summed E-state index contributed by atoms with van der Waals surface area (Å²) in [6.07, 6.45) is 9.90. The number of Topliss-reactive ketones (excluding diaryl/α,β-unsaturated/α-hetero) is 1. The molecule has 248 valence electrons. The summed E-state index contributed by atoms with van der Waals surface area (Å²) in [4.78, 5) is 52.0. The van der Waals surface area contributed by atoms with Crippen molar-refractivity contribution in [3.05, 3.63) is 70.4 Å². The van der Waals surface area contributed by atoms with Crippen LogP contribution in [-0.4, -0.2) is 75.0 Å². The number of nitrogens with one attached hydrogen (secondary N) is 1. The van der Waals surface area contributed by atoms with Gasteiger partial charge in [-0.1, -0.05) is 57.5 Å². The molecule has 2 aromatic carbocycles. The standard InChI is InChI=1S/C38H53N5O3/c1-6-29-22-28(23-30(7-2)32(29)8-3)25-43(27(5)45)37(46)38(26(4)44,36(39)34-24-40-35-15-11-10-14-33(34)35)42-20-16-31(17-21-42)41-18-12-9-13-19-41/h10-11,14-15,22-24,31,36,40H,6-9,12-13,16-21,25,39H2,1-5H3. The number of para-hydroxylation sites is 1. The zero-order valence-corrected chi connectivity index (χ0v) is 28.5. The number of amides is 2. The van der Waals surface area contributed by atoms with Crippen molar-refractivity contribution in [2.24, 2.45) is 5.73 Å². The Hall–Kier alpha value is -3.33. The van der Waals surface area contributed by atoms with Crippen LogP contribution in [0.3, 0.4) is 0 Å². The summed E-state index contributed by atoms with van der Waals surface area (Å²) in [5, 5.41) is 0.876. The van der Waals surface area contributed by atoms with Gasteiger partial charge in [-0.15, -0.1) is 0 Å². The molecule has 1 aromatic heterocycles. The smallest absolute Gasteiger partial charge is 0.259 e. The van der Waals surface area contributed by atoms with Crippen molar-refractivity contribution in [1.82, 2.24) is 19.7 Å². The van der Waals surface area contributed by atoms with Gasteiger partial charge in [0.05, 0.1) is 12.6 Å². The maximum Gasteiger partial charge on any atom is 0.259 e. The molecule has 3 aromatic rings. The Kier molecular flexibility index (Phi) is 10.8. The molecule has 8 heteroatoms. The highest BCUT2D eigenvalue weighted by molar-refractivity contribution is 6.15. The third kappa shape index (κ3) is 6.32. The number of hydrogen-bond acceptors (Lipinski definition) is 6. The molecule has 2 saturated heterocycles. The summed E-state index contributed by atoms with van der Waals surface area (Å²) >= 11 is 0. The minimum atomic E-state index is -1.74. The minimum absolute atomic E-state index is 0.0953. The number of rotatable bonds is 11. The normalized spacial score (nSPS) is 18.7. The van der Waals surface area contributed by atoms with Crippen molar-refractivity contribution in [3.63, 3.8) is 0 Å². The molecule has 0 spiro atoms. The Labute approximate surface area is 274 Å². The average Bonchev–Trinajstić information content (AvgIpc) is 3.51. The van der Waals surface area contributed by atoms with E-state index in [0.717, 1.165) is 61.7 Å². The first kappa shape index (κ1) is 34.0. The lowest BCUT2D eigenvalue weighted by atomic mass is 9.77. The molecule has 3 N–H and O–H groups in total. The molecule has 3 heterocycles. The Bertz CT molecular complexity index is 1520. The molecule has 0 saturated carbocycles. The zero-order chi connectivity index (χ0) is 33.0. The SMILES string of the molecule is CCc1cc(CN(C(C)=O)C(=O)C(C(C)=O)(C(N)c2c[nH]c3ccccc23)N2CCC(N3CCCCC3)CC2)cc(CC)c1CC. The summed E-state index contributed by atoms with van der Waals surface area (Å²) in [6, 6.07) is 11.5. The second-order valence-electron chi connectivity index (χ2n) is 13.3. The number of likely N-dealkylation sites (tertiary alicyclic amines) is 2. The van der Waals surface area contributed by atoms with Crippen LogP contribution in [0.15, 0.2) is 42.6 Å². The van der Waals surface area contributed by atoms with Gasteiger partial charge in [0.2, 0.25) is 5.91 Å². The third-order valence-electron chi connectivity index (χ3n) is 10.7. The van der Waals surface area contributed by atoms with Crippen LogP contribution >= 0.6 is 0 Å². The van der Waals surface area contributed by atoms with Gasteiger partial charge in [-0.05, 0) is 98.8 Å². The highest BCUT2D eigenvalue weighted by Gasteiger charge is 2.57. The van der Waals surface area contributed by atoms with E-state index < -0.39 is 17.5 Å². The maximum atomic E-state index is 15.2. The lowest BCUT2D eigenvalue weighted by molar-refractivity contribution is -0.160. The molecule has 0 radical (unpaired) electrons. The fourth-order valence-corrected chi connectivity index (χ4v) is 8.26.